The number of likely N-dealkylation sites (N-methyl/N-ethyl adjacent to an activating group) is 1. The lowest BCUT2D eigenvalue weighted by Crippen LogP contribution is -2.45. The Bertz CT molecular complexity index is 1090. The monoisotopic (exact) mass is 925 g/mol. The lowest BCUT2D eigenvalue weighted by Gasteiger charge is -2.29. The standard InChI is InChI=1S/C55H109N2O6P/c1-6-8-10-12-14-16-18-19-20-21-22-23-24-25-26-27-28-29-30-31-32-33-34-35-36-37-38-39-40-42-44-46-48-54(58)53(52-63-64(60,61)62-51-50-57(3,4)5)56-55(59)49-47-45-43-41-17-15-13-11-9-7-2/h39-40,46,48,53-54,58H,6-38,41-45,47,49-52H2,1-5H3,(H-,56,59,60,61)/b40-39+,48-46+. The Hall–Kier alpha value is -1.02. The van der Waals surface area contributed by atoms with E-state index in [-0.39, 0.29) is 19.1 Å². The summed E-state index contributed by atoms with van der Waals surface area (Å²) in [4.78, 5) is 25.3. The van der Waals surface area contributed by atoms with Gasteiger partial charge in [-0.15, -0.1) is 0 Å². The SMILES string of the molecule is CCCCCCCCCCCCCCCCCCCCCCCCCCCC/C=C/CC/C=C/C(O)C(COP(=O)([O-])OCC[N+](C)(C)C)NC(=O)CCCCCCCCCCCC. The lowest BCUT2D eigenvalue weighted by atomic mass is 10.0. The van der Waals surface area contributed by atoms with E-state index in [0.29, 0.717) is 17.4 Å². The van der Waals surface area contributed by atoms with Gasteiger partial charge in [0, 0.05) is 6.42 Å². The number of quaternary nitrogens is 1. The molecule has 0 saturated carbocycles. The average molecular weight is 925 g/mol. The fraction of sp³-hybridized carbons (Fsp3) is 0.909. The molecular formula is C55H109N2O6P. The zero-order valence-electron chi connectivity index (χ0n) is 43.3. The van der Waals surface area contributed by atoms with E-state index in [1.165, 1.54) is 212 Å². The number of rotatable bonds is 51. The molecule has 380 valence electrons. The number of carbonyl (C=O) groups is 1. The second-order valence-electron chi connectivity index (χ2n) is 20.3. The van der Waals surface area contributed by atoms with E-state index in [1.54, 1.807) is 6.08 Å². The fourth-order valence-electron chi connectivity index (χ4n) is 8.29. The van der Waals surface area contributed by atoms with Crippen LogP contribution in [0.4, 0.5) is 0 Å². The molecule has 0 bridgehead atoms. The topological polar surface area (TPSA) is 108 Å². The van der Waals surface area contributed by atoms with Crippen LogP contribution in [0.2, 0.25) is 0 Å². The van der Waals surface area contributed by atoms with Crippen molar-refractivity contribution in [2.24, 2.45) is 0 Å². The molecule has 0 aliphatic carbocycles. The summed E-state index contributed by atoms with van der Waals surface area (Å²) >= 11 is 0. The minimum atomic E-state index is -4.59. The molecule has 0 aliphatic rings. The molecule has 0 radical (unpaired) electrons. The van der Waals surface area contributed by atoms with Crippen molar-refractivity contribution >= 4 is 13.7 Å². The number of phosphoric ester groups is 1. The highest BCUT2D eigenvalue weighted by Gasteiger charge is 2.23. The Morgan fingerprint density at radius 3 is 1.27 bits per heavy atom. The molecule has 0 fully saturated rings. The first-order valence-corrected chi connectivity index (χ1v) is 29.2. The van der Waals surface area contributed by atoms with Crippen LogP contribution in [-0.2, 0) is 18.4 Å². The number of phosphoric acid groups is 1. The van der Waals surface area contributed by atoms with Crippen molar-refractivity contribution in [1.29, 1.82) is 0 Å². The smallest absolute Gasteiger partial charge is 0.268 e. The lowest BCUT2D eigenvalue weighted by molar-refractivity contribution is -0.870. The highest BCUT2D eigenvalue weighted by Crippen LogP contribution is 2.38. The van der Waals surface area contributed by atoms with Crippen molar-refractivity contribution in [1.82, 2.24) is 5.32 Å². The van der Waals surface area contributed by atoms with Gasteiger partial charge in [0.15, 0.2) is 0 Å². The van der Waals surface area contributed by atoms with Crippen LogP contribution in [0.3, 0.4) is 0 Å². The zero-order chi connectivity index (χ0) is 47.1. The van der Waals surface area contributed by atoms with Crippen molar-refractivity contribution in [2.75, 3.05) is 40.9 Å². The van der Waals surface area contributed by atoms with Crippen LogP contribution in [0.5, 0.6) is 0 Å². The number of nitrogens with one attached hydrogen (secondary N) is 1. The predicted octanol–water partition coefficient (Wildman–Crippen LogP) is 15.8. The van der Waals surface area contributed by atoms with Crippen LogP contribution in [0.15, 0.2) is 24.3 Å². The first-order valence-electron chi connectivity index (χ1n) is 27.7. The first-order chi connectivity index (χ1) is 31.0. The summed E-state index contributed by atoms with van der Waals surface area (Å²) in [5.74, 6) is -0.207. The van der Waals surface area contributed by atoms with Crippen molar-refractivity contribution in [2.45, 2.75) is 283 Å². The van der Waals surface area contributed by atoms with E-state index in [1.807, 2.05) is 27.2 Å². The van der Waals surface area contributed by atoms with Crippen molar-refractivity contribution in [3.8, 4) is 0 Å². The second kappa shape index (κ2) is 47.1. The van der Waals surface area contributed by atoms with Gasteiger partial charge >= 0.3 is 0 Å². The molecule has 9 heteroatoms. The molecule has 0 heterocycles. The van der Waals surface area contributed by atoms with E-state index in [0.717, 1.165) is 38.5 Å². The molecule has 0 saturated heterocycles. The summed E-state index contributed by atoms with van der Waals surface area (Å²) in [6, 6.07) is -0.898. The fourth-order valence-corrected chi connectivity index (χ4v) is 9.01. The molecule has 0 aromatic rings. The molecule has 3 atom stereocenters. The molecule has 3 unspecified atom stereocenters. The first kappa shape index (κ1) is 63.0. The number of hydrogen-bond donors (Lipinski definition) is 2. The van der Waals surface area contributed by atoms with E-state index >= 15 is 0 Å². The molecule has 2 N–H and O–H groups in total. The molecule has 0 aliphatic heterocycles. The van der Waals surface area contributed by atoms with E-state index < -0.39 is 20.0 Å². The number of allylic oxidation sites excluding steroid dienone is 3. The number of unbranched alkanes of at least 4 members (excludes halogenated alkanes) is 36. The minimum absolute atomic E-state index is 0.00425. The molecular weight excluding hydrogens is 816 g/mol. The number of nitrogens with zero attached hydrogens (tertiary/aromatic N) is 1. The minimum Gasteiger partial charge on any atom is -0.756 e. The Labute approximate surface area is 398 Å². The number of aliphatic hydroxyl groups is 1. The van der Waals surface area contributed by atoms with Crippen LogP contribution >= 0.6 is 7.82 Å². The third kappa shape index (κ3) is 48.9. The molecule has 0 rings (SSSR count). The largest absolute Gasteiger partial charge is 0.756 e. The maximum Gasteiger partial charge on any atom is 0.268 e. The summed E-state index contributed by atoms with van der Waals surface area (Å²) in [5, 5.41) is 13.8. The van der Waals surface area contributed by atoms with Crippen molar-refractivity contribution in [3.05, 3.63) is 24.3 Å². The normalized spacial score (nSPS) is 14.2. The molecule has 0 spiro atoms. The molecule has 8 nitrogen and oxygen atoms in total. The van der Waals surface area contributed by atoms with Gasteiger partial charge in [-0.3, -0.25) is 9.36 Å². The van der Waals surface area contributed by atoms with Gasteiger partial charge in [0.2, 0.25) is 5.91 Å². The van der Waals surface area contributed by atoms with Crippen LogP contribution in [0, 0.1) is 0 Å². The van der Waals surface area contributed by atoms with Gasteiger partial charge in [-0.1, -0.05) is 256 Å². The van der Waals surface area contributed by atoms with Gasteiger partial charge in [0.25, 0.3) is 7.82 Å². The Morgan fingerprint density at radius 1 is 0.531 bits per heavy atom. The van der Waals surface area contributed by atoms with Gasteiger partial charge in [-0.05, 0) is 32.1 Å². The maximum absolute atomic E-state index is 12.8. The van der Waals surface area contributed by atoms with Crippen molar-refractivity contribution in [3.63, 3.8) is 0 Å². The number of carbonyl (C=O) groups excluding carboxylic acids is 1. The predicted molar refractivity (Wildman–Crippen MR) is 275 cm³/mol. The number of hydrogen-bond acceptors (Lipinski definition) is 6. The van der Waals surface area contributed by atoms with Gasteiger partial charge in [-0.2, -0.15) is 0 Å². The summed E-state index contributed by atoms with van der Waals surface area (Å²) in [7, 11) is 1.25. The third-order valence-electron chi connectivity index (χ3n) is 12.7. The summed E-state index contributed by atoms with van der Waals surface area (Å²) in [5.41, 5.74) is 0. The van der Waals surface area contributed by atoms with Crippen LogP contribution in [0.25, 0.3) is 0 Å². The van der Waals surface area contributed by atoms with Gasteiger partial charge < -0.3 is 28.8 Å². The number of aliphatic hydroxyl groups excluding tert-OH is 1. The maximum atomic E-state index is 12.8. The Morgan fingerprint density at radius 2 is 0.875 bits per heavy atom. The molecule has 0 aromatic heterocycles. The average Bonchev–Trinajstić information content (AvgIpc) is 3.25. The zero-order valence-corrected chi connectivity index (χ0v) is 44.1. The molecule has 0 aromatic carbocycles. The third-order valence-corrected chi connectivity index (χ3v) is 13.6. The summed E-state index contributed by atoms with van der Waals surface area (Å²) in [6.45, 7) is 4.63. The van der Waals surface area contributed by atoms with Crippen LogP contribution in [-0.4, -0.2) is 68.5 Å². The second-order valence-corrected chi connectivity index (χ2v) is 21.7. The van der Waals surface area contributed by atoms with Crippen LogP contribution < -0.4 is 10.2 Å². The summed E-state index contributed by atoms with van der Waals surface area (Å²) in [6.07, 6.45) is 58.6. The highest BCUT2D eigenvalue weighted by atomic mass is 31.2. The summed E-state index contributed by atoms with van der Waals surface area (Å²) < 4.78 is 23.2. The van der Waals surface area contributed by atoms with E-state index in [2.05, 4.69) is 31.3 Å². The van der Waals surface area contributed by atoms with Crippen molar-refractivity contribution < 1.29 is 32.9 Å². The number of amides is 1. The highest BCUT2D eigenvalue weighted by molar-refractivity contribution is 7.45. The van der Waals surface area contributed by atoms with Gasteiger partial charge in [0.1, 0.15) is 13.2 Å². The van der Waals surface area contributed by atoms with Gasteiger partial charge in [-0.25, -0.2) is 0 Å². The van der Waals surface area contributed by atoms with E-state index in [9.17, 15) is 19.4 Å². The molecule has 1 amide bonds. The Balaban J connectivity index is 4.04. The van der Waals surface area contributed by atoms with Crippen LogP contribution in [0.1, 0.15) is 271 Å². The molecule has 64 heavy (non-hydrogen) atoms. The quantitative estimate of drug-likeness (QED) is 0.0272. The van der Waals surface area contributed by atoms with Gasteiger partial charge in [0.05, 0.1) is 39.9 Å². The Kier molecular flexibility index (Phi) is 46.3. The van der Waals surface area contributed by atoms with E-state index in [4.69, 9.17) is 9.05 Å².